The fourth-order valence-corrected chi connectivity index (χ4v) is 4.76. The number of hydrogen-bond donors (Lipinski definition) is 2. The molecule has 0 heterocycles. The van der Waals surface area contributed by atoms with Crippen LogP contribution in [0.1, 0.15) is 0 Å². The van der Waals surface area contributed by atoms with Crippen molar-refractivity contribution >= 4 is 33.0 Å². The maximum absolute atomic E-state index is 13.5. The Balaban J connectivity index is 1.76. The zero-order valence-corrected chi connectivity index (χ0v) is 19.8. The van der Waals surface area contributed by atoms with Gasteiger partial charge in [0.1, 0.15) is 12.4 Å². The predicted molar refractivity (Wildman–Crippen MR) is 133 cm³/mol. The summed E-state index contributed by atoms with van der Waals surface area (Å²) in [4.78, 5) is 0.213. The first-order valence-electron chi connectivity index (χ1n) is 10.6. The van der Waals surface area contributed by atoms with Gasteiger partial charge in [0.2, 0.25) is 0 Å². The first kappa shape index (κ1) is 24.9. The van der Waals surface area contributed by atoms with Crippen molar-refractivity contribution < 1.29 is 17.9 Å². The smallest absolute Gasteiger partial charge is 0.264 e. The Bertz CT molecular complexity index is 1100. The van der Waals surface area contributed by atoms with Crippen LogP contribution in [-0.2, 0) is 14.8 Å². The summed E-state index contributed by atoms with van der Waals surface area (Å²) in [6, 6.07) is 22.7. The largest absolute Gasteiger partial charge is 0.492 e. The highest BCUT2D eigenvalue weighted by atomic mass is 35.5. The Morgan fingerprint density at radius 3 is 2.30 bits per heavy atom. The fourth-order valence-electron chi connectivity index (χ4n) is 3.15. The molecule has 3 N–H and O–H groups in total. The molecular weight excluding hydrogens is 462 g/mol. The number of rotatable bonds is 13. The van der Waals surface area contributed by atoms with Crippen LogP contribution >= 0.6 is 11.6 Å². The van der Waals surface area contributed by atoms with Crippen molar-refractivity contribution in [3.8, 4) is 5.75 Å². The summed E-state index contributed by atoms with van der Waals surface area (Å²) in [6.07, 6.45) is 0. The molecule has 0 unspecified atom stereocenters. The van der Waals surface area contributed by atoms with Crippen LogP contribution in [0.5, 0.6) is 5.75 Å². The Kier molecular flexibility index (Phi) is 9.38. The summed E-state index contributed by atoms with van der Waals surface area (Å²) in [7, 11) is -3.80. The number of anilines is 2. The molecule has 9 heteroatoms. The van der Waals surface area contributed by atoms with Crippen LogP contribution in [0.3, 0.4) is 0 Å². The van der Waals surface area contributed by atoms with Gasteiger partial charge >= 0.3 is 0 Å². The average Bonchev–Trinajstić information content (AvgIpc) is 2.84. The molecule has 0 spiro atoms. The van der Waals surface area contributed by atoms with Crippen molar-refractivity contribution in [3.05, 3.63) is 83.9 Å². The number of sulfonamides is 1. The number of hydrogen-bond acceptors (Lipinski definition) is 6. The summed E-state index contributed by atoms with van der Waals surface area (Å²) in [6.45, 7) is 1.97. The van der Waals surface area contributed by atoms with Gasteiger partial charge in [-0.3, -0.25) is 4.31 Å². The van der Waals surface area contributed by atoms with E-state index in [4.69, 9.17) is 26.8 Å². The molecule has 0 amide bonds. The summed E-state index contributed by atoms with van der Waals surface area (Å²) in [5.41, 5.74) is 6.70. The standard InChI is InChI=1S/C24H28ClN3O4S/c25-20-10-12-21(13-11-20)32-18-15-27-23-8-4-5-9-24(23)28(16-19-31-17-14-26)33(29,30)22-6-2-1-3-7-22/h1-13,27H,14-19,26H2. The molecule has 176 valence electrons. The van der Waals surface area contributed by atoms with Gasteiger partial charge in [0, 0.05) is 18.1 Å². The Morgan fingerprint density at radius 1 is 0.879 bits per heavy atom. The molecule has 0 aliphatic rings. The lowest BCUT2D eigenvalue weighted by atomic mass is 10.2. The van der Waals surface area contributed by atoms with E-state index in [1.54, 1.807) is 66.7 Å². The molecule has 0 radical (unpaired) electrons. The highest BCUT2D eigenvalue weighted by molar-refractivity contribution is 7.92. The van der Waals surface area contributed by atoms with Gasteiger partial charge in [0.05, 0.1) is 36.0 Å². The summed E-state index contributed by atoms with van der Waals surface area (Å²) >= 11 is 5.90. The average molecular weight is 490 g/mol. The Morgan fingerprint density at radius 2 is 1.58 bits per heavy atom. The SMILES string of the molecule is NCCOCCN(c1ccccc1NCCOc1ccc(Cl)cc1)S(=O)(=O)c1ccccc1. The quantitative estimate of drug-likeness (QED) is 0.352. The van der Waals surface area contributed by atoms with Crippen molar-refractivity contribution in [2.45, 2.75) is 4.90 Å². The summed E-state index contributed by atoms with van der Waals surface area (Å²) < 4.78 is 39.5. The number of benzene rings is 3. The van der Waals surface area contributed by atoms with E-state index in [1.807, 2.05) is 12.1 Å². The normalized spacial score (nSPS) is 11.2. The van der Waals surface area contributed by atoms with E-state index in [2.05, 4.69) is 5.32 Å². The molecule has 3 aromatic rings. The summed E-state index contributed by atoms with van der Waals surface area (Å²) in [5.74, 6) is 0.708. The fraction of sp³-hybridized carbons (Fsp3) is 0.250. The van der Waals surface area contributed by atoms with Crippen LogP contribution in [0.2, 0.25) is 5.02 Å². The number of nitrogens with one attached hydrogen (secondary N) is 1. The third-order valence-corrected chi connectivity index (χ3v) is 6.78. The Labute approximate surface area is 200 Å². The van der Waals surface area contributed by atoms with Gasteiger partial charge in [0.15, 0.2) is 0 Å². The van der Waals surface area contributed by atoms with E-state index in [9.17, 15) is 8.42 Å². The third kappa shape index (κ3) is 7.10. The second kappa shape index (κ2) is 12.5. The van der Waals surface area contributed by atoms with Gasteiger partial charge in [-0.25, -0.2) is 8.42 Å². The second-order valence-corrected chi connectivity index (χ2v) is 9.34. The van der Waals surface area contributed by atoms with Crippen molar-refractivity contribution in [2.24, 2.45) is 5.73 Å². The zero-order valence-electron chi connectivity index (χ0n) is 18.2. The van der Waals surface area contributed by atoms with Gasteiger partial charge in [-0.2, -0.15) is 0 Å². The molecule has 0 bridgehead atoms. The highest BCUT2D eigenvalue weighted by Gasteiger charge is 2.26. The number of para-hydroxylation sites is 2. The van der Waals surface area contributed by atoms with Gasteiger partial charge in [-0.05, 0) is 48.5 Å². The molecule has 0 atom stereocenters. The Hall–Kier alpha value is -2.78. The summed E-state index contributed by atoms with van der Waals surface area (Å²) in [5, 5.41) is 3.93. The maximum Gasteiger partial charge on any atom is 0.264 e. The van der Waals surface area contributed by atoms with Gasteiger partial charge < -0.3 is 20.5 Å². The van der Waals surface area contributed by atoms with E-state index >= 15 is 0 Å². The van der Waals surface area contributed by atoms with E-state index in [-0.39, 0.29) is 18.0 Å². The molecule has 0 fully saturated rings. The van der Waals surface area contributed by atoms with Gasteiger partial charge in [0.25, 0.3) is 10.0 Å². The van der Waals surface area contributed by atoms with Gasteiger partial charge in [-0.15, -0.1) is 0 Å². The molecule has 0 aliphatic heterocycles. The number of nitrogens with zero attached hydrogens (tertiary/aromatic N) is 1. The van der Waals surface area contributed by atoms with E-state index in [1.165, 1.54) is 4.31 Å². The lowest BCUT2D eigenvalue weighted by Gasteiger charge is -2.27. The molecule has 0 saturated carbocycles. The van der Waals surface area contributed by atoms with Crippen LogP contribution in [0.25, 0.3) is 0 Å². The number of nitrogens with two attached hydrogens (primary N) is 1. The zero-order chi connectivity index (χ0) is 23.5. The van der Waals surface area contributed by atoms with Crippen molar-refractivity contribution in [1.29, 1.82) is 0 Å². The molecule has 33 heavy (non-hydrogen) atoms. The van der Waals surface area contributed by atoms with Crippen molar-refractivity contribution in [2.75, 3.05) is 49.1 Å². The van der Waals surface area contributed by atoms with E-state index in [0.29, 0.717) is 48.5 Å². The third-order valence-electron chi connectivity index (χ3n) is 4.70. The van der Waals surface area contributed by atoms with E-state index < -0.39 is 10.0 Å². The number of halogens is 1. The molecule has 0 saturated heterocycles. The topological polar surface area (TPSA) is 93.9 Å². The molecule has 7 nitrogen and oxygen atoms in total. The minimum atomic E-state index is -3.80. The predicted octanol–water partition coefficient (Wildman–Crippen LogP) is 4.00. The first-order chi connectivity index (χ1) is 16.0. The maximum atomic E-state index is 13.5. The van der Waals surface area contributed by atoms with Gasteiger partial charge in [-0.1, -0.05) is 41.9 Å². The van der Waals surface area contributed by atoms with Crippen LogP contribution in [-0.4, -0.2) is 47.9 Å². The first-order valence-corrected chi connectivity index (χ1v) is 12.4. The lowest BCUT2D eigenvalue weighted by Crippen LogP contribution is -2.35. The van der Waals surface area contributed by atoms with Crippen LogP contribution in [0, 0.1) is 0 Å². The molecule has 3 aromatic carbocycles. The minimum absolute atomic E-state index is 0.150. The molecule has 0 aliphatic carbocycles. The molecule has 3 rings (SSSR count). The highest BCUT2D eigenvalue weighted by Crippen LogP contribution is 2.30. The monoisotopic (exact) mass is 489 g/mol. The minimum Gasteiger partial charge on any atom is -0.492 e. The van der Waals surface area contributed by atoms with Crippen LogP contribution < -0.4 is 20.1 Å². The van der Waals surface area contributed by atoms with E-state index in [0.717, 1.165) is 0 Å². The van der Waals surface area contributed by atoms with Crippen LogP contribution in [0.15, 0.2) is 83.8 Å². The lowest BCUT2D eigenvalue weighted by molar-refractivity contribution is 0.150. The van der Waals surface area contributed by atoms with Crippen molar-refractivity contribution in [3.63, 3.8) is 0 Å². The molecule has 0 aromatic heterocycles. The van der Waals surface area contributed by atoms with Crippen LogP contribution in [0.4, 0.5) is 11.4 Å². The number of ether oxygens (including phenoxy) is 2. The molecular formula is C24H28ClN3O4S. The van der Waals surface area contributed by atoms with Crippen molar-refractivity contribution in [1.82, 2.24) is 0 Å². The second-order valence-electron chi connectivity index (χ2n) is 7.04.